The molecule has 2 N–H and O–H groups in total. The van der Waals surface area contributed by atoms with Gasteiger partial charge in [0.2, 0.25) is 0 Å². The first-order valence-corrected chi connectivity index (χ1v) is 9.52. The number of rotatable bonds is 0. The van der Waals surface area contributed by atoms with E-state index in [1.165, 1.54) is 12.8 Å². The van der Waals surface area contributed by atoms with Gasteiger partial charge in [0.15, 0.2) is 0 Å². The SMILES string of the molecule is C[C@H]1CC[C@]2(O)[C@@H](C)[C@]1(C)CC[C@]1(C)[C@H]3CC[C@](C)(O)[C@H]3[C@@H]12. The van der Waals surface area contributed by atoms with Crippen molar-refractivity contribution >= 4 is 0 Å². The van der Waals surface area contributed by atoms with Crippen molar-refractivity contribution in [1.29, 1.82) is 0 Å². The molecule has 126 valence electrons. The standard InChI is InChI=1S/C20H34O2/c1-12-6-9-20(22)13(2)17(12,3)10-11-18(4)14-7-8-19(5,21)15(14)16(18)20/h12-16,21-22H,6-11H2,1-5H3/t12-,13-,14-,15+,16-,17+,18+,19-,20-/m0/s1. The lowest BCUT2D eigenvalue weighted by Gasteiger charge is -2.66. The van der Waals surface area contributed by atoms with Crippen LogP contribution in [0.4, 0.5) is 0 Å². The number of aliphatic hydroxyl groups is 2. The molecule has 2 bridgehead atoms. The van der Waals surface area contributed by atoms with Gasteiger partial charge in [-0.1, -0.05) is 27.7 Å². The van der Waals surface area contributed by atoms with E-state index < -0.39 is 11.2 Å². The third-order valence-electron chi connectivity index (χ3n) is 9.61. The summed E-state index contributed by atoms with van der Waals surface area (Å²) in [5.41, 5.74) is -0.625. The Hall–Kier alpha value is -0.0800. The molecule has 0 heterocycles. The molecule has 9 atom stereocenters. The lowest BCUT2D eigenvalue weighted by molar-refractivity contribution is -0.260. The first kappa shape index (κ1) is 15.4. The topological polar surface area (TPSA) is 40.5 Å². The predicted octanol–water partition coefficient (Wildman–Crippen LogP) is 4.00. The second-order valence-electron chi connectivity index (χ2n) is 10.2. The van der Waals surface area contributed by atoms with Gasteiger partial charge in [0.25, 0.3) is 0 Å². The van der Waals surface area contributed by atoms with Crippen LogP contribution in [0.15, 0.2) is 0 Å². The van der Waals surface area contributed by atoms with Gasteiger partial charge in [0.05, 0.1) is 11.2 Å². The molecule has 0 amide bonds. The van der Waals surface area contributed by atoms with Gasteiger partial charge in [-0.05, 0) is 85.9 Å². The van der Waals surface area contributed by atoms with E-state index in [9.17, 15) is 10.2 Å². The first-order chi connectivity index (χ1) is 10.1. The van der Waals surface area contributed by atoms with Crippen LogP contribution in [-0.2, 0) is 0 Å². The van der Waals surface area contributed by atoms with Crippen molar-refractivity contribution in [1.82, 2.24) is 0 Å². The van der Waals surface area contributed by atoms with E-state index >= 15 is 0 Å². The fraction of sp³-hybridized carbons (Fsp3) is 1.00. The summed E-state index contributed by atoms with van der Waals surface area (Å²) in [6, 6.07) is 0. The van der Waals surface area contributed by atoms with Crippen LogP contribution < -0.4 is 0 Å². The fourth-order valence-corrected chi connectivity index (χ4v) is 7.72. The van der Waals surface area contributed by atoms with Gasteiger partial charge in [0.1, 0.15) is 0 Å². The van der Waals surface area contributed by atoms with Gasteiger partial charge in [-0.3, -0.25) is 0 Å². The summed E-state index contributed by atoms with van der Waals surface area (Å²) >= 11 is 0. The number of fused-ring (bicyclic) bond motifs is 7. The van der Waals surface area contributed by atoms with Gasteiger partial charge in [-0.2, -0.15) is 0 Å². The maximum Gasteiger partial charge on any atom is 0.0715 e. The maximum absolute atomic E-state index is 11.9. The fourth-order valence-electron chi connectivity index (χ4n) is 7.72. The average Bonchev–Trinajstić information content (AvgIpc) is 2.70. The Morgan fingerprint density at radius 3 is 2.14 bits per heavy atom. The number of hydrogen-bond donors (Lipinski definition) is 2. The van der Waals surface area contributed by atoms with E-state index in [-0.39, 0.29) is 10.8 Å². The smallest absolute Gasteiger partial charge is 0.0715 e. The summed E-state index contributed by atoms with van der Waals surface area (Å²) in [7, 11) is 0. The molecule has 0 unspecified atom stereocenters. The quantitative estimate of drug-likeness (QED) is 0.710. The molecular formula is C20H34O2. The van der Waals surface area contributed by atoms with Gasteiger partial charge in [-0.15, -0.1) is 0 Å². The first-order valence-electron chi connectivity index (χ1n) is 9.52. The Labute approximate surface area is 135 Å². The van der Waals surface area contributed by atoms with Crippen molar-refractivity contribution in [2.24, 2.45) is 40.4 Å². The van der Waals surface area contributed by atoms with Crippen LogP contribution in [0.3, 0.4) is 0 Å². The summed E-state index contributed by atoms with van der Waals surface area (Å²) in [6.45, 7) is 11.6. The summed E-state index contributed by atoms with van der Waals surface area (Å²) in [4.78, 5) is 0. The highest BCUT2D eigenvalue weighted by Gasteiger charge is 2.75. The zero-order valence-corrected chi connectivity index (χ0v) is 15.0. The van der Waals surface area contributed by atoms with E-state index in [4.69, 9.17) is 0 Å². The molecule has 22 heavy (non-hydrogen) atoms. The Morgan fingerprint density at radius 2 is 1.45 bits per heavy atom. The van der Waals surface area contributed by atoms with Crippen molar-refractivity contribution in [3.63, 3.8) is 0 Å². The van der Waals surface area contributed by atoms with E-state index in [0.717, 1.165) is 25.7 Å². The second kappa shape index (κ2) is 4.11. The van der Waals surface area contributed by atoms with Crippen molar-refractivity contribution in [2.45, 2.75) is 84.3 Å². The van der Waals surface area contributed by atoms with Crippen LogP contribution in [0.25, 0.3) is 0 Å². The molecule has 4 rings (SSSR count). The minimum atomic E-state index is -0.567. The second-order valence-corrected chi connectivity index (χ2v) is 10.2. The van der Waals surface area contributed by atoms with Crippen LogP contribution in [-0.4, -0.2) is 21.4 Å². The molecule has 0 aromatic carbocycles. The van der Waals surface area contributed by atoms with Crippen LogP contribution in [0.1, 0.15) is 73.1 Å². The third kappa shape index (κ3) is 1.50. The molecule has 2 heteroatoms. The zero-order chi connectivity index (χ0) is 16.1. The Balaban J connectivity index is 1.82. The van der Waals surface area contributed by atoms with E-state index in [1.807, 2.05) is 6.92 Å². The summed E-state index contributed by atoms with van der Waals surface area (Å²) in [5.74, 6) is 2.28. The Bertz CT molecular complexity index is 500. The molecule has 4 aliphatic carbocycles. The van der Waals surface area contributed by atoms with Crippen molar-refractivity contribution in [2.75, 3.05) is 0 Å². The van der Waals surface area contributed by atoms with Gasteiger partial charge >= 0.3 is 0 Å². The number of hydrogen-bond acceptors (Lipinski definition) is 2. The van der Waals surface area contributed by atoms with Crippen LogP contribution in [0.2, 0.25) is 0 Å². The van der Waals surface area contributed by atoms with Crippen LogP contribution >= 0.6 is 0 Å². The minimum Gasteiger partial charge on any atom is -0.390 e. The molecule has 4 fully saturated rings. The third-order valence-corrected chi connectivity index (χ3v) is 9.61. The van der Waals surface area contributed by atoms with Gasteiger partial charge < -0.3 is 10.2 Å². The molecule has 0 aliphatic heterocycles. The molecule has 4 saturated carbocycles. The van der Waals surface area contributed by atoms with Gasteiger partial charge in [0, 0.05) is 0 Å². The highest BCUT2D eigenvalue weighted by atomic mass is 16.3. The molecule has 0 aromatic rings. The summed E-state index contributed by atoms with van der Waals surface area (Å²) < 4.78 is 0. The maximum atomic E-state index is 11.9. The van der Waals surface area contributed by atoms with E-state index in [1.54, 1.807) is 0 Å². The lowest BCUT2D eigenvalue weighted by atomic mass is 9.40. The van der Waals surface area contributed by atoms with E-state index in [0.29, 0.717) is 29.6 Å². The molecule has 0 spiro atoms. The lowest BCUT2D eigenvalue weighted by Crippen LogP contribution is -2.68. The molecule has 2 nitrogen and oxygen atoms in total. The highest BCUT2D eigenvalue weighted by Crippen LogP contribution is 2.75. The van der Waals surface area contributed by atoms with E-state index in [2.05, 4.69) is 27.7 Å². The monoisotopic (exact) mass is 306 g/mol. The van der Waals surface area contributed by atoms with Crippen LogP contribution in [0, 0.1) is 40.4 Å². The van der Waals surface area contributed by atoms with Crippen molar-refractivity contribution < 1.29 is 10.2 Å². The summed E-state index contributed by atoms with van der Waals surface area (Å²) in [5, 5.41) is 22.8. The van der Waals surface area contributed by atoms with Gasteiger partial charge in [-0.25, -0.2) is 0 Å². The molecule has 0 aromatic heterocycles. The summed E-state index contributed by atoms with van der Waals surface area (Å²) in [6.07, 6.45) is 6.64. The minimum absolute atomic E-state index is 0.246. The average molecular weight is 306 g/mol. The zero-order valence-electron chi connectivity index (χ0n) is 15.0. The molecule has 0 radical (unpaired) electrons. The largest absolute Gasteiger partial charge is 0.390 e. The van der Waals surface area contributed by atoms with Crippen LogP contribution in [0.5, 0.6) is 0 Å². The molecule has 0 saturated heterocycles. The molecular weight excluding hydrogens is 272 g/mol. The molecule has 4 aliphatic rings. The van der Waals surface area contributed by atoms with Crippen molar-refractivity contribution in [3.05, 3.63) is 0 Å². The Morgan fingerprint density at radius 1 is 0.818 bits per heavy atom. The van der Waals surface area contributed by atoms with Crippen molar-refractivity contribution in [3.8, 4) is 0 Å². The predicted molar refractivity (Wildman–Crippen MR) is 88.3 cm³/mol. The normalized spacial score (nSPS) is 67.0. The Kier molecular flexibility index (Phi) is 2.89. The highest BCUT2D eigenvalue weighted by molar-refractivity contribution is 5.23.